The molecule has 5 rings (SSSR count). The molecule has 2 N–H and O–H groups in total. The van der Waals surface area contributed by atoms with Crippen LogP contribution in [0, 0.1) is 0 Å². The smallest absolute Gasteiger partial charge is 0.139 e. The summed E-state index contributed by atoms with van der Waals surface area (Å²) in [5.41, 5.74) is 4.95. The number of H-pyrrole nitrogens is 1. The van der Waals surface area contributed by atoms with Gasteiger partial charge in [0.2, 0.25) is 0 Å². The van der Waals surface area contributed by atoms with Crippen LogP contribution < -0.4 is 4.74 Å². The van der Waals surface area contributed by atoms with E-state index in [1.807, 2.05) is 42.3 Å². The molecule has 0 spiro atoms. The number of aliphatic hydroxyl groups is 1. The fraction of sp³-hybridized carbons (Fsp3) is 0.200. The van der Waals surface area contributed by atoms with Crippen LogP contribution in [0.3, 0.4) is 0 Å². The number of aromatic amines is 1. The molecule has 7 heteroatoms. The molecule has 0 bridgehead atoms. The summed E-state index contributed by atoms with van der Waals surface area (Å²) in [5, 5.41) is 16.9. The Morgan fingerprint density at radius 2 is 2.07 bits per heavy atom. The quantitative estimate of drug-likeness (QED) is 0.515. The second-order valence-corrected chi connectivity index (χ2v) is 6.62. The van der Waals surface area contributed by atoms with Gasteiger partial charge >= 0.3 is 0 Å². The second kappa shape index (κ2) is 5.85. The highest BCUT2D eigenvalue weighted by Gasteiger charge is 2.16. The second-order valence-electron chi connectivity index (χ2n) is 6.62. The summed E-state index contributed by atoms with van der Waals surface area (Å²) in [7, 11) is 3.60. The van der Waals surface area contributed by atoms with Crippen LogP contribution in [0.1, 0.15) is 0 Å². The van der Waals surface area contributed by atoms with Crippen LogP contribution in [0.2, 0.25) is 0 Å². The Morgan fingerprint density at radius 3 is 2.89 bits per heavy atom. The first-order chi connectivity index (χ1) is 13.2. The van der Waals surface area contributed by atoms with E-state index in [1.165, 1.54) is 0 Å². The van der Waals surface area contributed by atoms with Crippen molar-refractivity contribution in [1.82, 2.24) is 24.3 Å². The van der Waals surface area contributed by atoms with Crippen LogP contribution in [0.4, 0.5) is 0 Å². The van der Waals surface area contributed by atoms with Gasteiger partial charge in [-0.1, -0.05) is 0 Å². The number of aryl methyl sites for hydroxylation is 1. The third-order valence-electron chi connectivity index (χ3n) is 5.07. The Hall–Kier alpha value is -3.32. The highest BCUT2D eigenvalue weighted by atomic mass is 16.5. The normalized spacial score (nSPS) is 11.8. The maximum atomic E-state index is 9.43. The number of ether oxygens (including phenoxy) is 1. The number of rotatable bonds is 4. The lowest BCUT2D eigenvalue weighted by atomic mass is 10.1. The lowest BCUT2D eigenvalue weighted by Gasteiger charge is -2.03. The maximum absolute atomic E-state index is 9.43. The average molecular weight is 361 g/mol. The highest BCUT2D eigenvalue weighted by Crippen LogP contribution is 2.35. The SMILES string of the molecule is COc1ccc2c(c1)c(-c1cc3c(ncc4cnn(C)c43)[nH]1)cn2CCO. The van der Waals surface area contributed by atoms with Crippen LogP contribution in [-0.4, -0.2) is 43.1 Å². The fourth-order valence-electron chi connectivity index (χ4n) is 3.79. The molecule has 0 radical (unpaired) electrons. The van der Waals surface area contributed by atoms with Crippen molar-refractivity contribution in [3.63, 3.8) is 0 Å². The van der Waals surface area contributed by atoms with Crippen molar-refractivity contribution < 1.29 is 9.84 Å². The summed E-state index contributed by atoms with van der Waals surface area (Å²) < 4.78 is 9.34. The molecule has 27 heavy (non-hydrogen) atoms. The third kappa shape index (κ3) is 2.32. The number of hydrogen-bond acceptors (Lipinski definition) is 4. The number of nitrogens with one attached hydrogen (secondary N) is 1. The Balaban J connectivity index is 1.79. The number of methoxy groups -OCH3 is 1. The number of aromatic nitrogens is 5. The minimum absolute atomic E-state index is 0.0825. The van der Waals surface area contributed by atoms with Crippen LogP contribution in [0.15, 0.2) is 42.9 Å². The Bertz CT molecular complexity index is 1290. The van der Waals surface area contributed by atoms with E-state index in [9.17, 15) is 5.11 Å². The molecule has 0 saturated carbocycles. The minimum Gasteiger partial charge on any atom is -0.497 e. The van der Waals surface area contributed by atoms with Crippen molar-refractivity contribution in [3.05, 3.63) is 42.9 Å². The monoisotopic (exact) mass is 361 g/mol. The molecule has 4 heterocycles. The number of hydrogen-bond donors (Lipinski definition) is 2. The first-order valence-corrected chi connectivity index (χ1v) is 8.77. The summed E-state index contributed by atoms with van der Waals surface area (Å²) in [5.74, 6) is 0.800. The molecule has 0 unspecified atom stereocenters. The molecular formula is C20H19N5O2. The van der Waals surface area contributed by atoms with Crippen LogP contribution in [0.25, 0.3) is 44.1 Å². The molecule has 4 aromatic heterocycles. The van der Waals surface area contributed by atoms with E-state index < -0.39 is 0 Å². The zero-order valence-corrected chi connectivity index (χ0v) is 15.1. The van der Waals surface area contributed by atoms with Gasteiger partial charge in [0.1, 0.15) is 11.4 Å². The van der Waals surface area contributed by atoms with Crippen molar-refractivity contribution >= 4 is 32.8 Å². The number of fused-ring (bicyclic) bond motifs is 4. The predicted octanol–water partition coefficient (Wildman–Crippen LogP) is 3.07. The first-order valence-electron chi connectivity index (χ1n) is 8.77. The predicted molar refractivity (Wildman–Crippen MR) is 105 cm³/mol. The fourth-order valence-corrected chi connectivity index (χ4v) is 3.79. The van der Waals surface area contributed by atoms with E-state index in [2.05, 4.69) is 31.9 Å². The molecule has 0 aliphatic carbocycles. The summed E-state index contributed by atoms with van der Waals surface area (Å²) in [6.45, 7) is 0.617. The molecule has 1 aromatic carbocycles. The van der Waals surface area contributed by atoms with Crippen LogP contribution in [-0.2, 0) is 13.6 Å². The topological polar surface area (TPSA) is 80.9 Å². The van der Waals surface area contributed by atoms with E-state index in [4.69, 9.17) is 4.74 Å². The highest BCUT2D eigenvalue weighted by molar-refractivity contribution is 6.06. The van der Waals surface area contributed by atoms with Crippen molar-refractivity contribution in [2.75, 3.05) is 13.7 Å². The van der Waals surface area contributed by atoms with Gasteiger partial charge in [-0.3, -0.25) is 4.68 Å². The van der Waals surface area contributed by atoms with Crippen molar-refractivity contribution in [2.24, 2.45) is 7.05 Å². The molecular weight excluding hydrogens is 342 g/mol. The zero-order valence-electron chi connectivity index (χ0n) is 15.1. The van der Waals surface area contributed by atoms with E-state index >= 15 is 0 Å². The van der Waals surface area contributed by atoms with E-state index in [1.54, 1.807) is 7.11 Å². The van der Waals surface area contributed by atoms with Gasteiger partial charge in [0.05, 0.1) is 25.4 Å². The summed E-state index contributed by atoms with van der Waals surface area (Å²) in [6.07, 6.45) is 5.72. The lowest BCUT2D eigenvalue weighted by molar-refractivity contribution is 0.278. The van der Waals surface area contributed by atoms with Gasteiger partial charge in [-0.05, 0) is 24.3 Å². The van der Waals surface area contributed by atoms with Crippen molar-refractivity contribution in [2.45, 2.75) is 6.54 Å². The molecule has 0 fully saturated rings. The number of benzene rings is 1. The summed E-state index contributed by atoms with van der Waals surface area (Å²) >= 11 is 0. The van der Waals surface area contributed by atoms with Crippen LogP contribution in [0.5, 0.6) is 5.75 Å². The number of nitrogens with zero attached hydrogens (tertiary/aromatic N) is 4. The third-order valence-corrected chi connectivity index (χ3v) is 5.07. The Morgan fingerprint density at radius 1 is 1.19 bits per heavy atom. The molecule has 5 aromatic rings. The average Bonchev–Trinajstić information content (AvgIpc) is 3.36. The Labute approximate surface area is 154 Å². The van der Waals surface area contributed by atoms with Crippen molar-refractivity contribution in [1.29, 1.82) is 0 Å². The van der Waals surface area contributed by atoms with E-state index in [0.29, 0.717) is 6.54 Å². The molecule has 0 aliphatic rings. The van der Waals surface area contributed by atoms with Gasteiger partial charge in [-0.2, -0.15) is 5.10 Å². The van der Waals surface area contributed by atoms with Crippen LogP contribution >= 0.6 is 0 Å². The van der Waals surface area contributed by atoms with Gasteiger partial charge in [0, 0.05) is 58.9 Å². The minimum atomic E-state index is 0.0825. The number of pyridine rings is 1. The number of aliphatic hydroxyl groups excluding tert-OH is 1. The van der Waals surface area contributed by atoms with Gasteiger partial charge < -0.3 is 19.4 Å². The molecule has 0 saturated heterocycles. The summed E-state index contributed by atoms with van der Waals surface area (Å²) in [4.78, 5) is 7.98. The molecule has 0 amide bonds. The van der Waals surface area contributed by atoms with E-state index in [0.717, 1.165) is 49.8 Å². The Kier molecular flexibility index (Phi) is 3.45. The van der Waals surface area contributed by atoms with Gasteiger partial charge in [-0.25, -0.2) is 4.98 Å². The standard InChI is InChI=1S/C20H19N5O2/c1-24-19-12(10-22-24)9-21-20-15(19)8-17(23-20)16-11-25(5-6-26)18-4-3-13(27-2)7-14(16)18/h3-4,7-11,26H,5-6H2,1-2H3,(H,21,23). The van der Waals surface area contributed by atoms with Gasteiger partial charge in [-0.15, -0.1) is 0 Å². The van der Waals surface area contributed by atoms with Crippen molar-refractivity contribution in [3.8, 4) is 17.0 Å². The maximum Gasteiger partial charge on any atom is 0.139 e. The molecule has 0 aliphatic heterocycles. The van der Waals surface area contributed by atoms with Gasteiger partial charge in [0.25, 0.3) is 0 Å². The molecule has 7 nitrogen and oxygen atoms in total. The zero-order chi connectivity index (χ0) is 18.5. The molecule has 136 valence electrons. The molecule has 0 atom stereocenters. The van der Waals surface area contributed by atoms with E-state index in [-0.39, 0.29) is 6.61 Å². The summed E-state index contributed by atoms with van der Waals surface area (Å²) in [6, 6.07) is 8.10. The largest absolute Gasteiger partial charge is 0.497 e. The lowest BCUT2D eigenvalue weighted by Crippen LogP contribution is -1.99. The van der Waals surface area contributed by atoms with Gasteiger partial charge in [0.15, 0.2) is 0 Å². The first kappa shape index (κ1) is 15.9.